The number of carbonyl (C=O) groups excluding carboxylic acids is 1. The van der Waals surface area contributed by atoms with Crippen LogP contribution in [0.2, 0.25) is 0 Å². The minimum Gasteiger partial charge on any atom is -0.368 e. The Bertz CT molecular complexity index is 344. The maximum absolute atomic E-state index is 12.0. The van der Waals surface area contributed by atoms with Gasteiger partial charge in [-0.3, -0.25) is 4.79 Å². The number of allylic oxidation sites excluding steroid dienone is 2. The third kappa shape index (κ3) is 2.62. The lowest BCUT2D eigenvalue weighted by Gasteiger charge is -2.55. The van der Waals surface area contributed by atoms with E-state index >= 15 is 0 Å². The number of carbonyl (C=O) groups is 1. The molecule has 0 aromatic carbocycles. The first kappa shape index (κ1) is 12.8. The van der Waals surface area contributed by atoms with Crippen LogP contribution in [-0.2, 0) is 9.53 Å². The molecule has 0 aromatic rings. The summed E-state index contributed by atoms with van der Waals surface area (Å²) in [6, 6.07) is 0. The Labute approximate surface area is 104 Å². The molecule has 2 nitrogen and oxygen atoms in total. The zero-order chi connectivity index (χ0) is 12.7. The molecule has 0 spiro atoms. The van der Waals surface area contributed by atoms with Gasteiger partial charge in [0, 0.05) is 6.42 Å². The summed E-state index contributed by atoms with van der Waals surface area (Å²) in [5.41, 5.74) is 0.869. The van der Waals surface area contributed by atoms with Crippen LogP contribution in [0.4, 0.5) is 0 Å². The Balaban J connectivity index is 2.09. The molecule has 2 heteroatoms. The molecular formula is C15H24O2. The molecule has 2 heterocycles. The summed E-state index contributed by atoms with van der Waals surface area (Å²) in [6.45, 7) is 8.27. The van der Waals surface area contributed by atoms with Crippen molar-refractivity contribution in [1.29, 1.82) is 0 Å². The highest BCUT2D eigenvalue weighted by atomic mass is 16.5. The highest BCUT2D eigenvalue weighted by Crippen LogP contribution is 2.51. The van der Waals surface area contributed by atoms with Gasteiger partial charge >= 0.3 is 0 Å². The molecule has 2 saturated heterocycles. The van der Waals surface area contributed by atoms with E-state index in [-0.39, 0.29) is 17.0 Å². The number of fused-ring (bicyclic) bond motifs is 3. The summed E-state index contributed by atoms with van der Waals surface area (Å²) in [5, 5.41) is 0. The van der Waals surface area contributed by atoms with E-state index in [0.717, 1.165) is 18.4 Å². The van der Waals surface area contributed by atoms with Crippen molar-refractivity contribution in [3.63, 3.8) is 0 Å². The van der Waals surface area contributed by atoms with Crippen LogP contribution in [0.1, 0.15) is 59.8 Å². The Morgan fingerprint density at radius 1 is 1.29 bits per heavy atom. The lowest BCUT2D eigenvalue weighted by molar-refractivity contribution is -0.238. The predicted molar refractivity (Wildman–Crippen MR) is 68.9 cm³/mol. The van der Waals surface area contributed by atoms with Gasteiger partial charge in [0.15, 0.2) is 5.78 Å². The Morgan fingerprint density at radius 3 is 2.35 bits per heavy atom. The van der Waals surface area contributed by atoms with E-state index in [9.17, 15) is 4.79 Å². The average Bonchev–Trinajstić information content (AvgIpc) is 2.14. The minimum atomic E-state index is -0.228. The zero-order valence-electron chi connectivity index (χ0n) is 11.5. The summed E-state index contributed by atoms with van der Waals surface area (Å²) in [5.74, 6) is 0.780. The second-order valence-electron chi connectivity index (χ2n) is 6.50. The molecule has 2 bridgehead atoms. The SMILES string of the molecule is CC(C)=CC(=O)CC1(C)OC2(C)CCC1CC2. The van der Waals surface area contributed by atoms with Crippen molar-refractivity contribution in [1.82, 2.24) is 0 Å². The van der Waals surface area contributed by atoms with E-state index in [1.165, 1.54) is 12.8 Å². The molecule has 0 radical (unpaired) electrons. The van der Waals surface area contributed by atoms with Crippen molar-refractivity contribution < 1.29 is 9.53 Å². The highest BCUT2D eigenvalue weighted by Gasteiger charge is 2.51. The summed E-state index contributed by atoms with van der Waals surface area (Å²) in [4.78, 5) is 12.0. The molecule has 3 aliphatic rings. The van der Waals surface area contributed by atoms with Crippen molar-refractivity contribution in [3.8, 4) is 0 Å². The monoisotopic (exact) mass is 236 g/mol. The molecule has 3 fully saturated rings. The molecule has 3 rings (SSSR count). The number of hydrogen-bond acceptors (Lipinski definition) is 2. The molecule has 1 saturated carbocycles. The second-order valence-corrected chi connectivity index (χ2v) is 6.50. The van der Waals surface area contributed by atoms with E-state index in [1.54, 1.807) is 6.08 Å². The molecule has 2 aliphatic heterocycles. The lowest BCUT2D eigenvalue weighted by Crippen LogP contribution is -2.56. The largest absolute Gasteiger partial charge is 0.368 e. The fourth-order valence-corrected chi connectivity index (χ4v) is 3.49. The Hall–Kier alpha value is -0.630. The van der Waals surface area contributed by atoms with Crippen LogP contribution in [-0.4, -0.2) is 17.0 Å². The van der Waals surface area contributed by atoms with Crippen LogP contribution in [0.15, 0.2) is 11.6 Å². The van der Waals surface area contributed by atoms with Crippen LogP contribution in [0.5, 0.6) is 0 Å². The maximum Gasteiger partial charge on any atom is 0.158 e. The molecule has 0 amide bonds. The van der Waals surface area contributed by atoms with Gasteiger partial charge < -0.3 is 4.74 Å². The van der Waals surface area contributed by atoms with E-state index in [2.05, 4.69) is 13.8 Å². The quantitative estimate of drug-likeness (QED) is 0.699. The van der Waals surface area contributed by atoms with Crippen LogP contribution < -0.4 is 0 Å². The van der Waals surface area contributed by atoms with Crippen molar-refractivity contribution in [3.05, 3.63) is 11.6 Å². The molecule has 1 aliphatic carbocycles. The van der Waals surface area contributed by atoms with Gasteiger partial charge in [0.1, 0.15) is 0 Å². The van der Waals surface area contributed by atoms with E-state index < -0.39 is 0 Å². The van der Waals surface area contributed by atoms with Gasteiger partial charge in [-0.05, 0) is 65.4 Å². The molecule has 1 atom stereocenters. The van der Waals surface area contributed by atoms with Crippen LogP contribution in [0.25, 0.3) is 0 Å². The summed E-state index contributed by atoms with van der Waals surface area (Å²) < 4.78 is 6.26. The van der Waals surface area contributed by atoms with Crippen molar-refractivity contribution in [2.24, 2.45) is 5.92 Å². The van der Waals surface area contributed by atoms with Gasteiger partial charge in [0.05, 0.1) is 11.2 Å². The van der Waals surface area contributed by atoms with Gasteiger partial charge in [-0.15, -0.1) is 0 Å². The number of ether oxygens (including phenoxy) is 1. The Morgan fingerprint density at radius 2 is 1.88 bits per heavy atom. The van der Waals surface area contributed by atoms with Gasteiger partial charge in [-0.1, -0.05) is 5.57 Å². The normalized spacial score (nSPS) is 40.1. The fourth-order valence-electron chi connectivity index (χ4n) is 3.49. The zero-order valence-corrected chi connectivity index (χ0v) is 11.5. The van der Waals surface area contributed by atoms with Crippen molar-refractivity contribution in [2.75, 3.05) is 0 Å². The Kier molecular flexibility index (Phi) is 3.19. The average molecular weight is 236 g/mol. The van der Waals surface area contributed by atoms with Crippen LogP contribution in [0, 0.1) is 5.92 Å². The van der Waals surface area contributed by atoms with Crippen LogP contribution >= 0.6 is 0 Å². The van der Waals surface area contributed by atoms with E-state index in [0.29, 0.717) is 12.3 Å². The highest BCUT2D eigenvalue weighted by molar-refractivity contribution is 5.91. The molecule has 0 aromatic heterocycles. The smallest absolute Gasteiger partial charge is 0.158 e. The molecule has 1 unspecified atom stereocenters. The molecular weight excluding hydrogens is 212 g/mol. The summed E-state index contributed by atoms with van der Waals surface area (Å²) >= 11 is 0. The number of rotatable bonds is 3. The first-order valence-electron chi connectivity index (χ1n) is 6.71. The summed E-state index contributed by atoms with van der Waals surface area (Å²) in [6.07, 6.45) is 7.04. The van der Waals surface area contributed by atoms with E-state index in [1.807, 2.05) is 13.8 Å². The van der Waals surface area contributed by atoms with Gasteiger partial charge in [0.2, 0.25) is 0 Å². The topological polar surface area (TPSA) is 26.3 Å². The maximum atomic E-state index is 12.0. The van der Waals surface area contributed by atoms with Crippen LogP contribution in [0.3, 0.4) is 0 Å². The van der Waals surface area contributed by atoms with E-state index in [4.69, 9.17) is 4.74 Å². The predicted octanol–water partition coefficient (Wildman–Crippen LogP) is 3.65. The molecule has 96 valence electrons. The number of hydrogen-bond donors (Lipinski definition) is 0. The first-order valence-corrected chi connectivity index (χ1v) is 6.71. The van der Waals surface area contributed by atoms with Gasteiger partial charge in [-0.2, -0.15) is 0 Å². The second kappa shape index (κ2) is 4.24. The minimum absolute atomic E-state index is 0.0226. The first-order chi connectivity index (χ1) is 7.83. The molecule has 0 N–H and O–H groups in total. The standard InChI is InChI=1S/C15H24O2/c1-11(2)9-13(16)10-15(4)12-5-7-14(3,17-15)8-6-12/h9,12H,5-8,10H2,1-4H3. The van der Waals surface area contributed by atoms with Crippen molar-refractivity contribution >= 4 is 5.78 Å². The molecule has 17 heavy (non-hydrogen) atoms. The van der Waals surface area contributed by atoms with Crippen molar-refractivity contribution in [2.45, 2.75) is 71.0 Å². The summed E-state index contributed by atoms with van der Waals surface area (Å²) in [7, 11) is 0. The lowest BCUT2D eigenvalue weighted by atomic mass is 9.67. The third-order valence-electron chi connectivity index (χ3n) is 4.36. The third-order valence-corrected chi connectivity index (χ3v) is 4.36. The fraction of sp³-hybridized carbons (Fsp3) is 0.800. The van der Waals surface area contributed by atoms with Gasteiger partial charge in [0.25, 0.3) is 0 Å². The number of ketones is 1. The van der Waals surface area contributed by atoms with Gasteiger partial charge in [-0.25, -0.2) is 0 Å².